The zero-order valence-corrected chi connectivity index (χ0v) is 25.2. The van der Waals surface area contributed by atoms with Crippen molar-refractivity contribution in [2.45, 2.75) is 37.4 Å². The van der Waals surface area contributed by atoms with Gasteiger partial charge in [-0.1, -0.05) is 30.7 Å². The van der Waals surface area contributed by atoms with Gasteiger partial charge in [-0.05, 0) is 74.1 Å². The van der Waals surface area contributed by atoms with Gasteiger partial charge in [0.25, 0.3) is 15.9 Å². The SMILES string of the molecule is COc1ccc(CN(C)C[C@H]2Oc3ccc(NS(=O)(=O)c4ccc(Cl)cc4)cc3C(=O)N([C@@H](C)CO)C[C@@H]2C)cc1. The van der Waals surface area contributed by atoms with Crippen LogP contribution in [0.2, 0.25) is 5.02 Å². The number of halogens is 1. The van der Waals surface area contributed by atoms with Crippen LogP contribution in [0.15, 0.2) is 71.6 Å². The van der Waals surface area contributed by atoms with Crippen LogP contribution in [0.3, 0.4) is 0 Å². The summed E-state index contributed by atoms with van der Waals surface area (Å²) in [5, 5.41) is 10.3. The summed E-state index contributed by atoms with van der Waals surface area (Å²) in [5.74, 6) is 0.755. The lowest BCUT2D eigenvalue weighted by atomic mass is 9.99. The van der Waals surface area contributed by atoms with Crippen molar-refractivity contribution in [3.63, 3.8) is 0 Å². The largest absolute Gasteiger partial charge is 0.497 e. The van der Waals surface area contributed by atoms with E-state index in [2.05, 4.69) is 9.62 Å². The molecule has 9 nitrogen and oxygen atoms in total. The van der Waals surface area contributed by atoms with Crippen molar-refractivity contribution in [2.24, 2.45) is 5.92 Å². The molecule has 4 rings (SSSR count). The Labute approximate surface area is 246 Å². The summed E-state index contributed by atoms with van der Waals surface area (Å²) < 4.78 is 40.2. The molecule has 0 unspecified atom stereocenters. The van der Waals surface area contributed by atoms with E-state index in [0.717, 1.165) is 11.3 Å². The monoisotopic (exact) mass is 601 g/mol. The maximum atomic E-state index is 13.7. The van der Waals surface area contributed by atoms with Gasteiger partial charge >= 0.3 is 0 Å². The third-order valence-electron chi connectivity index (χ3n) is 7.14. The van der Waals surface area contributed by atoms with E-state index in [9.17, 15) is 18.3 Å². The lowest BCUT2D eigenvalue weighted by Crippen LogP contribution is -2.49. The minimum atomic E-state index is -3.92. The number of methoxy groups -OCH3 is 1. The number of amides is 1. The van der Waals surface area contributed by atoms with Crippen LogP contribution in [0.25, 0.3) is 0 Å². The molecule has 3 aromatic rings. The summed E-state index contributed by atoms with van der Waals surface area (Å²) in [6, 6.07) is 17.9. The van der Waals surface area contributed by atoms with E-state index < -0.39 is 16.1 Å². The van der Waals surface area contributed by atoms with Gasteiger partial charge < -0.3 is 19.5 Å². The Morgan fingerprint density at radius 2 is 1.83 bits per heavy atom. The fourth-order valence-corrected chi connectivity index (χ4v) is 5.92. The molecule has 0 saturated heterocycles. The lowest BCUT2D eigenvalue weighted by Gasteiger charge is -2.38. The van der Waals surface area contributed by atoms with Gasteiger partial charge in [-0.15, -0.1) is 0 Å². The Balaban J connectivity index is 1.61. The second-order valence-corrected chi connectivity index (χ2v) is 12.6. The molecule has 11 heteroatoms. The predicted octanol–water partition coefficient (Wildman–Crippen LogP) is 4.50. The highest BCUT2D eigenvalue weighted by Crippen LogP contribution is 2.31. The van der Waals surface area contributed by atoms with E-state index in [1.165, 1.54) is 30.3 Å². The van der Waals surface area contributed by atoms with Gasteiger partial charge in [0.1, 0.15) is 17.6 Å². The van der Waals surface area contributed by atoms with Gasteiger partial charge in [0, 0.05) is 36.3 Å². The van der Waals surface area contributed by atoms with E-state index in [0.29, 0.717) is 30.4 Å². The third kappa shape index (κ3) is 7.51. The number of aliphatic hydroxyl groups excluding tert-OH is 1. The number of anilines is 1. The fraction of sp³-hybridized carbons (Fsp3) is 0.367. The van der Waals surface area contributed by atoms with Gasteiger partial charge in [0.15, 0.2) is 0 Å². The summed E-state index contributed by atoms with van der Waals surface area (Å²) in [7, 11) is -0.281. The molecule has 3 aromatic carbocycles. The smallest absolute Gasteiger partial charge is 0.261 e. The van der Waals surface area contributed by atoms with Crippen LogP contribution in [0.5, 0.6) is 11.5 Å². The van der Waals surface area contributed by atoms with Crippen molar-refractivity contribution in [1.29, 1.82) is 0 Å². The minimum absolute atomic E-state index is 0.0422. The number of ether oxygens (including phenoxy) is 2. The van der Waals surface area contributed by atoms with Crippen LogP contribution in [0.4, 0.5) is 5.69 Å². The van der Waals surface area contributed by atoms with Crippen molar-refractivity contribution in [3.8, 4) is 11.5 Å². The molecule has 3 atom stereocenters. The Morgan fingerprint density at radius 3 is 2.46 bits per heavy atom. The number of rotatable bonds is 10. The van der Waals surface area contributed by atoms with Crippen molar-refractivity contribution in [1.82, 2.24) is 9.80 Å². The lowest BCUT2D eigenvalue weighted by molar-refractivity contribution is 0.0341. The average molecular weight is 602 g/mol. The van der Waals surface area contributed by atoms with E-state index >= 15 is 0 Å². The number of aliphatic hydroxyl groups is 1. The number of fused-ring (bicyclic) bond motifs is 1. The highest BCUT2D eigenvalue weighted by Gasteiger charge is 2.33. The van der Waals surface area contributed by atoms with E-state index in [1.807, 2.05) is 38.2 Å². The van der Waals surface area contributed by atoms with Crippen LogP contribution in [-0.4, -0.2) is 75.2 Å². The standard InChI is InChI=1S/C30H36ClN3O6S/c1-20-16-34(21(2)19-35)30(36)27-15-24(32-41(37,38)26-12-7-23(31)8-13-26)9-14-28(27)40-29(20)18-33(3)17-22-5-10-25(39-4)11-6-22/h5-15,20-21,29,32,35H,16-19H2,1-4H3/t20-,21-,29+/m0/s1. The number of carbonyl (C=O) groups is 1. The second-order valence-electron chi connectivity index (χ2n) is 10.4. The number of hydrogen-bond acceptors (Lipinski definition) is 7. The van der Waals surface area contributed by atoms with Crippen LogP contribution in [0.1, 0.15) is 29.8 Å². The van der Waals surface area contributed by atoms with Gasteiger partial charge in [0.2, 0.25) is 0 Å². The second kappa shape index (κ2) is 13.1. The summed E-state index contributed by atoms with van der Waals surface area (Å²) in [6.07, 6.45) is -0.282. The van der Waals surface area contributed by atoms with Crippen molar-refractivity contribution < 1.29 is 27.8 Å². The van der Waals surface area contributed by atoms with E-state index in [4.69, 9.17) is 21.1 Å². The molecule has 1 aliphatic rings. The molecule has 0 aromatic heterocycles. The molecule has 0 fully saturated rings. The molecular weight excluding hydrogens is 566 g/mol. The molecule has 2 N–H and O–H groups in total. The van der Waals surface area contributed by atoms with Gasteiger partial charge in [-0.25, -0.2) is 8.42 Å². The Kier molecular flexibility index (Phi) is 9.80. The zero-order valence-electron chi connectivity index (χ0n) is 23.6. The highest BCUT2D eigenvalue weighted by molar-refractivity contribution is 7.92. The number of carbonyl (C=O) groups excluding carboxylic acids is 1. The first-order valence-electron chi connectivity index (χ1n) is 13.3. The first kappa shape index (κ1) is 30.6. The number of likely N-dealkylation sites (N-methyl/N-ethyl adjacent to an activating group) is 1. The van der Waals surface area contributed by atoms with Gasteiger partial charge in [-0.3, -0.25) is 14.4 Å². The average Bonchev–Trinajstić information content (AvgIpc) is 2.95. The molecule has 41 heavy (non-hydrogen) atoms. The molecule has 0 saturated carbocycles. The van der Waals surface area contributed by atoms with E-state index in [1.54, 1.807) is 31.1 Å². The molecule has 0 radical (unpaired) electrons. The molecular formula is C30H36ClN3O6S. The first-order chi connectivity index (χ1) is 19.5. The fourth-order valence-electron chi connectivity index (χ4n) is 4.75. The molecule has 1 heterocycles. The zero-order chi connectivity index (χ0) is 29.7. The van der Waals surface area contributed by atoms with E-state index in [-0.39, 0.29) is 40.7 Å². The molecule has 1 aliphatic heterocycles. The van der Waals surface area contributed by atoms with Crippen molar-refractivity contribution >= 4 is 33.2 Å². The normalized spacial score (nSPS) is 18.2. The number of benzene rings is 3. The van der Waals surface area contributed by atoms with Crippen molar-refractivity contribution in [2.75, 3.05) is 38.6 Å². The Bertz CT molecular complexity index is 1450. The number of hydrogen-bond donors (Lipinski definition) is 2. The molecule has 220 valence electrons. The summed E-state index contributed by atoms with van der Waals surface area (Å²) in [6.45, 7) is 5.22. The highest BCUT2D eigenvalue weighted by atomic mass is 35.5. The summed E-state index contributed by atoms with van der Waals surface area (Å²) in [4.78, 5) is 17.5. The van der Waals surface area contributed by atoms with Crippen LogP contribution < -0.4 is 14.2 Å². The Morgan fingerprint density at radius 1 is 1.15 bits per heavy atom. The molecule has 0 spiro atoms. The molecule has 1 amide bonds. The summed E-state index contributed by atoms with van der Waals surface area (Å²) >= 11 is 5.91. The summed E-state index contributed by atoms with van der Waals surface area (Å²) in [5.41, 5.74) is 1.56. The number of nitrogens with one attached hydrogen (secondary N) is 1. The number of nitrogens with zero attached hydrogens (tertiary/aromatic N) is 2. The van der Waals surface area contributed by atoms with Gasteiger partial charge in [0.05, 0.1) is 30.2 Å². The topological polar surface area (TPSA) is 108 Å². The number of sulfonamides is 1. The maximum Gasteiger partial charge on any atom is 0.261 e. The quantitative estimate of drug-likeness (QED) is 0.352. The van der Waals surface area contributed by atoms with Crippen molar-refractivity contribution in [3.05, 3.63) is 82.9 Å². The van der Waals surface area contributed by atoms with Crippen LogP contribution >= 0.6 is 11.6 Å². The maximum absolute atomic E-state index is 13.7. The third-order valence-corrected chi connectivity index (χ3v) is 8.79. The Hall–Kier alpha value is -3.31. The predicted molar refractivity (Wildman–Crippen MR) is 159 cm³/mol. The first-order valence-corrected chi connectivity index (χ1v) is 15.2. The molecule has 0 aliphatic carbocycles. The van der Waals surface area contributed by atoms with Crippen LogP contribution in [-0.2, 0) is 16.6 Å². The van der Waals surface area contributed by atoms with Crippen LogP contribution in [0, 0.1) is 5.92 Å². The molecule has 0 bridgehead atoms. The van der Waals surface area contributed by atoms with Gasteiger partial charge in [-0.2, -0.15) is 0 Å². The minimum Gasteiger partial charge on any atom is -0.497 e.